The summed E-state index contributed by atoms with van der Waals surface area (Å²) < 4.78 is 20.4. The van der Waals surface area contributed by atoms with Gasteiger partial charge in [-0.1, -0.05) is 91.4 Å². The molecule has 0 aliphatic heterocycles. The van der Waals surface area contributed by atoms with Gasteiger partial charge in [-0.25, -0.2) is 0 Å². The van der Waals surface area contributed by atoms with Gasteiger partial charge < -0.3 is 36.7 Å². The highest BCUT2D eigenvalue weighted by Crippen LogP contribution is 2.69. The number of ether oxygens (including phenoxy) is 3. The van der Waals surface area contributed by atoms with Crippen molar-refractivity contribution in [3.63, 3.8) is 0 Å². The highest BCUT2D eigenvalue weighted by Gasteiger charge is 2.66. The summed E-state index contributed by atoms with van der Waals surface area (Å²) in [4.78, 5) is 0. The van der Waals surface area contributed by atoms with Gasteiger partial charge in [-0.05, 0) is 157 Å². The van der Waals surface area contributed by atoms with E-state index in [0.29, 0.717) is 78.9 Å². The molecule has 4 aliphatic rings. The first-order valence-corrected chi connectivity index (χ1v) is 27.4. The largest absolute Gasteiger partial charge is 0.378 e. The molecule has 318 valence electrons. The molecule has 0 aromatic carbocycles. The maximum Gasteiger partial charge on any atom is 0.0637 e. The van der Waals surface area contributed by atoms with Gasteiger partial charge >= 0.3 is 0 Å². The Hall–Kier alpha value is -0.0631. The van der Waals surface area contributed by atoms with E-state index in [9.17, 15) is 0 Å². The Balaban J connectivity index is 1.32. The van der Waals surface area contributed by atoms with E-state index >= 15 is 0 Å². The molecule has 0 bridgehead atoms. The Kier molecular flexibility index (Phi) is 20.3. The van der Waals surface area contributed by atoms with Gasteiger partial charge in [0, 0.05) is 33.3 Å². The quantitative estimate of drug-likeness (QED) is 0.0462. The minimum atomic E-state index is -0.844. The molecule has 4 aliphatic carbocycles. The third kappa shape index (κ3) is 13.0. The van der Waals surface area contributed by atoms with Crippen molar-refractivity contribution in [2.75, 3.05) is 52.5 Å². The summed E-state index contributed by atoms with van der Waals surface area (Å²) in [5, 5.41) is 3.82. The summed E-state index contributed by atoms with van der Waals surface area (Å²) in [6.45, 7) is 22.2. The second-order valence-electron chi connectivity index (χ2n) is 20.5. The standard InChI is InChI=1S/C46H92N4O3Si/c1-36(19-15-28-50-27-13-11-9-7-8-10-12-14-32-54(4,5)6)39-20-21-40-44-41(35-43(46(39,40)3)53-31-18-26-49)45(2)23-22-38(51-29-16-24-47)33-37(45)34-42(44)52-30-17-25-48/h36-44,50H,7-35,47-49H2,1-6H3/t36-,37+,38-,39-,40+,41+,42-,43+,44+,45+,46-/m1/s1. The minimum absolute atomic E-state index is 0.179. The second kappa shape index (κ2) is 23.5. The second-order valence-corrected chi connectivity index (χ2v) is 26.1. The molecule has 0 amide bonds. The van der Waals surface area contributed by atoms with Crippen molar-refractivity contribution in [1.82, 2.24) is 5.32 Å². The van der Waals surface area contributed by atoms with Crippen LogP contribution in [0.15, 0.2) is 0 Å². The van der Waals surface area contributed by atoms with Crippen LogP contribution in [0, 0.1) is 46.3 Å². The van der Waals surface area contributed by atoms with Crippen molar-refractivity contribution in [3.8, 4) is 0 Å². The van der Waals surface area contributed by atoms with E-state index < -0.39 is 8.07 Å². The van der Waals surface area contributed by atoms with E-state index in [-0.39, 0.29) is 5.41 Å². The fraction of sp³-hybridized carbons (Fsp3) is 1.00. The Bertz CT molecular complexity index is 1010. The SMILES string of the molecule is C[C@H](CCCNCCCCCCCCCC[Si](C)(C)C)[C@H]1CC[C@H]2[C@@H]3[C@H](OCCCN)C[C@@H]4C[C@H](OCCCN)CC[C@]4(C)[C@H]3C[C@H](OCCCN)[C@]12C. The van der Waals surface area contributed by atoms with Crippen LogP contribution in [0.3, 0.4) is 0 Å². The van der Waals surface area contributed by atoms with Gasteiger partial charge in [0.1, 0.15) is 0 Å². The number of hydrogen-bond acceptors (Lipinski definition) is 7. The predicted octanol–water partition coefficient (Wildman–Crippen LogP) is 9.53. The normalized spacial score (nSPS) is 34.4. The number of unbranched alkanes of at least 4 members (excludes halogenated alkanes) is 7. The van der Waals surface area contributed by atoms with Crippen molar-refractivity contribution in [2.24, 2.45) is 63.5 Å². The molecule has 0 saturated heterocycles. The average molecular weight is 777 g/mol. The van der Waals surface area contributed by atoms with E-state index in [4.69, 9.17) is 31.4 Å². The third-order valence-electron chi connectivity index (χ3n) is 15.5. The molecule has 0 heterocycles. The highest BCUT2D eigenvalue weighted by molar-refractivity contribution is 6.76. The fourth-order valence-corrected chi connectivity index (χ4v) is 13.7. The van der Waals surface area contributed by atoms with E-state index in [1.807, 2.05) is 0 Å². The number of nitrogens with two attached hydrogens (primary N) is 3. The van der Waals surface area contributed by atoms with E-state index in [0.717, 1.165) is 52.0 Å². The lowest BCUT2D eigenvalue weighted by atomic mass is 9.43. The summed E-state index contributed by atoms with van der Waals surface area (Å²) in [6, 6.07) is 1.50. The molecular formula is C46H92N4O3Si. The number of rotatable bonds is 28. The summed E-state index contributed by atoms with van der Waals surface area (Å²) in [7, 11) is -0.844. The predicted molar refractivity (Wildman–Crippen MR) is 233 cm³/mol. The molecule has 0 spiro atoms. The zero-order chi connectivity index (χ0) is 39.0. The molecule has 4 fully saturated rings. The highest BCUT2D eigenvalue weighted by atomic mass is 28.3. The van der Waals surface area contributed by atoms with Crippen LogP contribution in [0.25, 0.3) is 0 Å². The van der Waals surface area contributed by atoms with Gasteiger partial charge in [0.15, 0.2) is 0 Å². The maximum absolute atomic E-state index is 7.06. The lowest BCUT2D eigenvalue weighted by Crippen LogP contribution is -2.63. The van der Waals surface area contributed by atoms with Gasteiger partial charge in [-0.2, -0.15) is 0 Å². The molecule has 0 radical (unpaired) electrons. The monoisotopic (exact) mass is 777 g/mol. The Morgan fingerprint density at radius 3 is 1.94 bits per heavy atom. The van der Waals surface area contributed by atoms with Crippen LogP contribution < -0.4 is 22.5 Å². The van der Waals surface area contributed by atoms with Gasteiger partial charge in [-0.15, -0.1) is 0 Å². The first-order chi connectivity index (χ1) is 26.0. The molecule has 54 heavy (non-hydrogen) atoms. The summed E-state index contributed by atoms with van der Waals surface area (Å²) in [6.07, 6.45) is 26.3. The lowest BCUT2D eigenvalue weighted by molar-refractivity contribution is -0.227. The van der Waals surface area contributed by atoms with Crippen molar-refractivity contribution in [2.45, 2.75) is 193 Å². The molecule has 0 aromatic heterocycles. The number of hydrogen-bond donors (Lipinski definition) is 4. The molecule has 0 aromatic rings. The van der Waals surface area contributed by atoms with Crippen LogP contribution in [0.1, 0.15) is 149 Å². The Labute approximate surface area is 335 Å². The minimum Gasteiger partial charge on any atom is -0.378 e. The van der Waals surface area contributed by atoms with Crippen LogP contribution >= 0.6 is 0 Å². The van der Waals surface area contributed by atoms with Crippen LogP contribution in [-0.2, 0) is 14.2 Å². The molecule has 0 unspecified atom stereocenters. The molecule has 4 saturated carbocycles. The zero-order valence-corrected chi connectivity index (χ0v) is 37.7. The molecule has 7 nitrogen and oxygen atoms in total. The van der Waals surface area contributed by atoms with Crippen LogP contribution in [-0.4, -0.2) is 78.9 Å². The van der Waals surface area contributed by atoms with Crippen LogP contribution in [0.5, 0.6) is 0 Å². The van der Waals surface area contributed by atoms with Gasteiger partial charge in [0.2, 0.25) is 0 Å². The fourth-order valence-electron chi connectivity index (χ4n) is 12.4. The van der Waals surface area contributed by atoms with Crippen molar-refractivity contribution in [1.29, 1.82) is 0 Å². The van der Waals surface area contributed by atoms with Crippen molar-refractivity contribution in [3.05, 3.63) is 0 Å². The van der Waals surface area contributed by atoms with Crippen molar-refractivity contribution >= 4 is 8.07 Å². The van der Waals surface area contributed by atoms with Crippen LogP contribution in [0.4, 0.5) is 0 Å². The smallest absolute Gasteiger partial charge is 0.0637 e. The molecular weight excluding hydrogens is 685 g/mol. The van der Waals surface area contributed by atoms with Gasteiger partial charge in [0.05, 0.1) is 18.3 Å². The molecule has 4 rings (SSSR count). The third-order valence-corrected chi connectivity index (χ3v) is 17.4. The topological polar surface area (TPSA) is 118 Å². The first-order valence-electron chi connectivity index (χ1n) is 23.6. The first kappa shape index (κ1) is 46.6. The summed E-state index contributed by atoms with van der Waals surface area (Å²) in [5.41, 5.74) is 18.3. The molecule has 11 atom stereocenters. The average Bonchev–Trinajstić information content (AvgIpc) is 3.50. The Morgan fingerprint density at radius 2 is 1.28 bits per heavy atom. The van der Waals surface area contributed by atoms with E-state index in [2.05, 4.69) is 45.7 Å². The molecule has 7 N–H and O–H groups in total. The zero-order valence-electron chi connectivity index (χ0n) is 36.7. The van der Waals surface area contributed by atoms with E-state index in [1.54, 1.807) is 0 Å². The van der Waals surface area contributed by atoms with E-state index in [1.165, 1.54) is 115 Å². The number of fused-ring (bicyclic) bond motifs is 5. The summed E-state index contributed by atoms with van der Waals surface area (Å²) in [5.74, 6) is 3.91. The maximum atomic E-state index is 7.06. The van der Waals surface area contributed by atoms with Gasteiger partial charge in [-0.3, -0.25) is 0 Å². The summed E-state index contributed by atoms with van der Waals surface area (Å²) >= 11 is 0. The lowest BCUT2D eigenvalue weighted by Gasteiger charge is -2.65. The van der Waals surface area contributed by atoms with Crippen molar-refractivity contribution < 1.29 is 14.2 Å². The van der Waals surface area contributed by atoms with Gasteiger partial charge in [0.25, 0.3) is 0 Å². The number of nitrogens with one attached hydrogen (secondary N) is 1. The van der Waals surface area contributed by atoms with Crippen LogP contribution in [0.2, 0.25) is 25.7 Å². The molecule has 8 heteroatoms. The Morgan fingerprint density at radius 1 is 0.667 bits per heavy atom.